The van der Waals surface area contributed by atoms with Gasteiger partial charge in [-0.15, -0.1) is 0 Å². The number of amides is 1. The predicted octanol–water partition coefficient (Wildman–Crippen LogP) is 4.76. The second-order valence-corrected chi connectivity index (χ2v) is 7.76. The van der Waals surface area contributed by atoms with E-state index in [-0.39, 0.29) is 42.6 Å². The van der Waals surface area contributed by atoms with Crippen LogP contribution in [0.2, 0.25) is 0 Å². The molecule has 0 saturated heterocycles. The van der Waals surface area contributed by atoms with Crippen molar-refractivity contribution in [1.29, 1.82) is 0 Å². The van der Waals surface area contributed by atoms with Crippen LogP contribution in [0.4, 0.5) is 26.3 Å². The number of Topliss-reactive ketones (excluding diaryl/α,β-unsaturated/α-hetero) is 1. The van der Waals surface area contributed by atoms with E-state index in [9.17, 15) is 35.9 Å². The predicted molar refractivity (Wildman–Crippen MR) is 89.0 cm³/mol. The van der Waals surface area contributed by atoms with Crippen molar-refractivity contribution in [3.05, 3.63) is 34.9 Å². The van der Waals surface area contributed by atoms with Gasteiger partial charge in [-0.1, -0.05) is 13.8 Å². The number of alkyl halides is 6. The highest BCUT2D eigenvalue weighted by molar-refractivity contribution is 5.94. The van der Waals surface area contributed by atoms with Crippen LogP contribution in [-0.4, -0.2) is 11.7 Å². The van der Waals surface area contributed by atoms with Gasteiger partial charge in [0.1, 0.15) is 5.78 Å². The number of hydrogen-bond donors (Lipinski definition) is 1. The fourth-order valence-corrected chi connectivity index (χ4v) is 4.05. The highest BCUT2D eigenvalue weighted by Crippen LogP contribution is 2.48. The Labute approximate surface area is 158 Å². The van der Waals surface area contributed by atoms with Gasteiger partial charge in [-0.05, 0) is 48.9 Å². The van der Waals surface area contributed by atoms with E-state index in [1.165, 1.54) is 0 Å². The van der Waals surface area contributed by atoms with Crippen molar-refractivity contribution < 1.29 is 35.9 Å². The maximum Gasteiger partial charge on any atom is 0.416 e. The Morgan fingerprint density at radius 3 is 2.00 bits per heavy atom. The molecule has 0 bridgehead atoms. The van der Waals surface area contributed by atoms with Crippen LogP contribution in [0.15, 0.2) is 18.2 Å². The Kier molecular flexibility index (Phi) is 5.88. The molecule has 156 valence electrons. The standard InChI is InChI=1S/C19H21F6NO2/c1-10(2)9-17(16(26)28)4-3-15(27)14(17)7-11-5-12(18(20,21)22)8-13(6-11)19(23,24)25/h5-6,8,10,14H,3-4,7,9H2,1-2H3,(H2,26,28). The van der Waals surface area contributed by atoms with Gasteiger partial charge in [-0.25, -0.2) is 0 Å². The summed E-state index contributed by atoms with van der Waals surface area (Å²) in [5.74, 6) is -2.20. The lowest BCUT2D eigenvalue weighted by atomic mass is 9.69. The minimum atomic E-state index is -4.98. The monoisotopic (exact) mass is 409 g/mol. The molecule has 1 aliphatic rings. The Bertz CT molecular complexity index is 736. The molecular weight excluding hydrogens is 388 g/mol. The molecule has 2 unspecified atom stereocenters. The van der Waals surface area contributed by atoms with E-state index in [4.69, 9.17) is 5.73 Å². The summed E-state index contributed by atoms with van der Waals surface area (Å²) >= 11 is 0. The molecule has 9 heteroatoms. The summed E-state index contributed by atoms with van der Waals surface area (Å²) in [5, 5.41) is 0. The Hall–Kier alpha value is -2.06. The first kappa shape index (κ1) is 22.2. The van der Waals surface area contributed by atoms with Crippen molar-refractivity contribution in [3.8, 4) is 0 Å². The quantitative estimate of drug-likeness (QED) is 0.713. The van der Waals surface area contributed by atoms with Crippen LogP contribution in [-0.2, 0) is 28.4 Å². The van der Waals surface area contributed by atoms with E-state index in [0.717, 1.165) is 0 Å². The lowest BCUT2D eigenvalue weighted by molar-refractivity contribution is -0.143. The smallest absolute Gasteiger partial charge is 0.369 e. The third-order valence-corrected chi connectivity index (χ3v) is 5.22. The normalized spacial score (nSPS) is 23.5. The molecule has 0 aliphatic heterocycles. The van der Waals surface area contributed by atoms with Crippen molar-refractivity contribution in [2.75, 3.05) is 0 Å². The number of benzene rings is 1. The van der Waals surface area contributed by atoms with Crippen LogP contribution in [0.5, 0.6) is 0 Å². The van der Waals surface area contributed by atoms with E-state index in [2.05, 4.69) is 0 Å². The second kappa shape index (κ2) is 7.40. The Morgan fingerprint density at radius 2 is 1.61 bits per heavy atom. The Morgan fingerprint density at radius 1 is 1.11 bits per heavy atom. The van der Waals surface area contributed by atoms with Crippen molar-refractivity contribution in [2.45, 2.75) is 51.9 Å². The summed E-state index contributed by atoms with van der Waals surface area (Å²) in [4.78, 5) is 24.6. The van der Waals surface area contributed by atoms with E-state index in [0.29, 0.717) is 12.1 Å². The number of carbonyl (C=O) groups excluding carboxylic acids is 2. The zero-order chi connectivity index (χ0) is 21.5. The molecule has 1 amide bonds. The number of hydrogen-bond acceptors (Lipinski definition) is 2. The summed E-state index contributed by atoms with van der Waals surface area (Å²) in [5.41, 5.74) is 1.08. The van der Waals surface area contributed by atoms with E-state index < -0.39 is 47.1 Å². The lowest BCUT2D eigenvalue weighted by Gasteiger charge is -2.33. The highest BCUT2D eigenvalue weighted by atomic mass is 19.4. The summed E-state index contributed by atoms with van der Waals surface area (Å²) in [6.07, 6.45) is -9.95. The molecule has 1 saturated carbocycles. The zero-order valence-corrected chi connectivity index (χ0v) is 15.4. The van der Waals surface area contributed by atoms with Gasteiger partial charge in [-0.2, -0.15) is 26.3 Å². The Balaban J connectivity index is 2.52. The summed E-state index contributed by atoms with van der Waals surface area (Å²) < 4.78 is 78.4. The SMILES string of the molecule is CC(C)CC1(C(N)=O)CCC(=O)C1Cc1cc(C(F)(F)F)cc(C(F)(F)F)c1. The first-order valence-electron chi connectivity index (χ1n) is 8.78. The highest BCUT2D eigenvalue weighted by Gasteiger charge is 2.52. The molecule has 0 aromatic heterocycles. The van der Waals surface area contributed by atoms with Crippen molar-refractivity contribution in [2.24, 2.45) is 23.0 Å². The van der Waals surface area contributed by atoms with Gasteiger partial charge >= 0.3 is 12.4 Å². The summed E-state index contributed by atoms with van der Waals surface area (Å²) in [7, 11) is 0. The summed E-state index contributed by atoms with van der Waals surface area (Å²) in [6.45, 7) is 3.60. The van der Waals surface area contributed by atoms with E-state index >= 15 is 0 Å². The van der Waals surface area contributed by atoms with E-state index in [1.54, 1.807) is 13.8 Å². The second-order valence-electron chi connectivity index (χ2n) is 7.76. The van der Waals surface area contributed by atoms with Crippen molar-refractivity contribution >= 4 is 11.7 Å². The number of halogens is 6. The largest absolute Gasteiger partial charge is 0.416 e. The third kappa shape index (κ3) is 4.50. The van der Waals surface area contributed by atoms with Crippen LogP contribution < -0.4 is 5.73 Å². The fourth-order valence-electron chi connectivity index (χ4n) is 4.05. The minimum absolute atomic E-state index is 0.0193. The van der Waals surface area contributed by atoms with Gasteiger partial charge in [0.25, 0.3) is 0 Å². The number of primary amides is 1. The minimum Gasteiger partial charge on any atom is -0.369 e. The molecule has 1 fully saturated rings. The molecule has 1 aliphatic carbocycles. The number of carbonyl (C=O) groups is 2. The molecule has 1 aromatic carbocycles. The van der Waals surface area contributed by atoms with Crippen LogP contribution in [0.3, 0.4) is 0 Å². The fraction of sp³-hybridized carbons (Fsp3) is 0.579. The van der Waals surface area contributed by atoms with Crippen LogP contribution >= 0.6 is 0 Å². The van der Waals surface area contributed by atoms with E-state index in [1.807, 2.05) is 0 Å². The van der Waals surface area contributed by atoms with Crippen LogP contribution in [0.25, 0.3) is 0 Å². The number of rotatable bonds is 5. The van der Waals surface area contributed by atoms with Crippen LogP contribution in [0, 0.1) is 17.3 Å². The zero-order valence-electron chi connectivity index (χ0n) is 15.4. The first-order chi connectivity index (χ1) is 12.7. The molecule has 1 aromatic rings. The van der Waals surface area contributed by atoms with Crippen LogP contribution in [0.1, 0.15) is 49.8 Å². The topological polar surface area (TPSA) is 60.2 Å². The molecule has 28 heavy (non-hydrogen) atoms. The number of nitrogens with two attached hydrogens (primary N) is 1. The van der Waals surface area contributed by atoms with Crippen molar-refractivity contribution in [1.82, 2.24) is 0 Å². The first-order valence-corrected chi connectivity index (χ1v) is 8.78. The molecular formula is C19H21F6NO2. The summed E-state index contributed by atoms with van der Waals surface area (Å²) in [6, 6.07) is 1.24. The van der Waals surface area contributed by atoms with Gasteiger partial charge in [0, 0.05) is 12.3 Å². The molecule has 2 rings (SSSR count). The lowest BCUT2D eigenvalue weighted by Crippen LogP contribution is -2.43. The van der Waals surface area contributed by atoms with Gasteiger partial charge in [-0.3, -0.25) is 9.59 Å². The average Bonchev–Trinajstić information content (AvgIpc) is 2.83. The molecule has 3 nitrogen and oxygen atoms in total. The molecule has 0 heterocycles. The van der Waals surface area contributed by atoms with Gasteiger partial charge in [0.2, 0.25) is 5.91 Å². The molecule has 0 radical (unpaired) electrons. The maximum absolute atomic E-state index is 13.1. The van der Waals surface area contributed by atoms with Crippen molar-refractivity contribution in [3.63, 3.8) is 0 Å². The maximum atomic E-state index is 13.1. The molecule has 2 N–H and O–H groups in total. The molecule has 2 atom stereocenters. The molecule has 0 spiro atoms. The number of ketones is 1. The van der Waals surface area contributed by atoms with Gasteiger partial charge in [0.05, 0.1) is 16.5 Å². The van der Waals surface area contributed by atoms with Gasteiger partial charge < -0.3 is 5.73 Å². The average molecular weight is 409 g/mol. The third-order valence-electron chi connectivity index (χ3n) is 5.22. The van der Waals surface area contributed by atoms with Gasteiger partial charge in [0.15, 0.2) is 0 Å².